The van der Waals surface area contributed by atoms with Crippen molar-refractivity contribution in [1.29, 1.82) is 0 Å². The highest BCUT2D eigenvalue weighted by Gasteiger charge is 2.65. The van der Waals surface area contributed by atoms with Crippen molar-refractivity contribution in [3.8, 4) is 5.75 Å². The number of carbonyl (C=O) groups excluding carboxylic acids is 1. The second-order valence-corrected chi connectivity index (χ2v) is 9.79. The van der Waals surface area contributed by atoms with Crippen LogP contribution in [0.25, 0.3) is 0 Å². The van der Waals surface area contributed by atoms with E-state index in [4.69, 9.17) is 18.9 Å². The van der Waals surface area contributed by atoms with Gasteiger partial charge in [0.1, 0.15) is 12.7 Å². The lowest BCUT2D eigenvalue weighted by Crippen LogP contribution is -2.46. The van der Waals surface area contributed by atoms with E-state index in [2.05, 4.69) is 4.98 Å². The van der Waals surface area contributed by atoms with Crippen LogP contribution in [0.15, 0.2) is 23.0 Å². The van der Waals surface area contributed by atoms with Crippen LogP contribution in [-0.2, 0) is 19.0 Å². The molecule has 3 rings (SSSR count). The van der Waals surface area contributed by atoms with E-state index in [1.54, 1.807) is 20.8 Å². The van der Waals surface area contributed by atoms with Gasteiger partial charge in [0.2, 0.25) is 5.82 Å². The zero-order valence-electron chi connectivity index (χ0n) is 22.5. The number of carbonyl (C=O) groups is 1. The van der Waals surface area contributed by atoms with E-state index in [1.165, 1.54) is 13.0 Å². The minimum atomic E-state index is -4.81. The molecular formula is C27H32F5NO6. The number of alkyl halides is 3. The number of hydrogen-bond donors (Lipinski definition) is 1. The van der Waals surface area contributed by atoms with Crippen molar-refractivity contribution in [3.63, 3.8) is 0 Å². The van der Waals surface area contributed by atoms with Gasteiger partial charge in [0.05, 0.1) is 20.3 Å². The number of halogens is 5. The second kappa shape index (κ2) is 11.6. The average Bonchev–Trinajstić information content (AvgIpc) is 3.12. The maximum absolute atomic E-state index is 14.6. The predicted octanol–water partition coefficient (Wildman–Crippen LogP) is 5.47. The quantitative estimate of drug-likeness (QED) is 0.323. The van der Waals surface area contributed by atoms with E-state index in [-0.39, 0.29) is 31.1 Å². The van der Waals surface area contributed by atoms with Crippen LogP contribution >= 0.6 is 0 Å². The Bertz CT molecular complexity index is 1260. The van der Waals surface area contributed by atoms with Crippen molar-refractivity contribution in [3.05, 3.63) is 62.6 Å². The summed E-state index contributed by atoms with van der Waals surface area (Å²) in [7, 11) is 1.09. The van der Waals surface area contributed by atoms with Gasteiger partial charge in [-0.1, -0.05) is 19.9 Å². The Morgan fingerprint density at radius 1 is 1.26 bits per heavy atom. The van der Waals surface area contributed by atoms with Crippen molar-refractivity contribution in [2.24, 2.45) is 5.92 Å². The summed E-state index contributed by atoms with van der Waals surface area (Å²) in [6, 6.07) is 3.12. The molecule has 1 aromatic heterocycles. The summed E-state index contributed by atoms with van der Waals surface area (Å²) in [6.45, 7) is 7.05. The standard InChI is InChI=1S/C27H32F5NO6/c1-7-38-20(35)12-37-11-13(2)21-15(4)33-18(10-19(21)34)25-22(14(3)26(5,39-25)27(30,31)32)16-8-9-17(28)23(29)24(16)36-6/h8-10,13-14,22,25H,7,11-12H2,1-6H3,(H,33,34)/t13-,14+,22+,25+,26-/m1/s1. The molecule has 1 fully saturated rings. The second-order valence-electron chi connectivity index (χ2n) is 9.79. The molecule has 2 heterocycles. The SMILES string of the molecule is CCOC(=O)COC[C@@H](C)c1c(C)[nH]c([C@@H]2O[C@@](C)(C(F)(F)F)[C@@H](C)[C@H]2c2ccc(F)c(F)c2OC)cc1=O. The number of rotatable bonds is 9. The van der Waals surface area contributed by atoms with E-state index in [0.29, 0.717) is 11.3 Å². The lowest BCUT2D eigenvalue weighted by molar-refractivity contribution is -0.275. The highest BCUT2D eigenvalue weighted by molar-refractivity contribution is 5.70. The molecule has 0 unspecified atom stereocenters. The molecule has 0 aliphatic carbocycles. The molecule has 0 saturated carbocycles. The number of ether oxygens (including phenoxy) is 4. The maximum Gasteiger partial charge on any atom is 0.417 e. The lowest BCUT2D eigenvalue weighted by Gasteiger charge is -2.32. The molecule has 216 valence electrons. The number of benzene rings is 1. The van der Waals surface area contributed by atoms with Gasteiger partial charge in [-0.25, -0.2) is 9.18 Å². The van der Waals surface area contributed by atoms with Gasteiger partial charge in [0, 0.05) is 46.3 Å². The van der Waals surface area contributed by atoms with Gasteiger partial charge in [0.25, 0.3) is 0 Å². The van der Waals surface area contributed by atoms with Crippen LogP contribution in [0.5, 0.6) is 5.75 Å². The Kier molecular flexibility index (Phi) is 9.11. The summed E-state index contributed by atoms with van der Waals surface area (Å²) < 4.78 is 92.1. The molecule has 12 heteroatoms. The molecule has 1 aliphatic rings. The minimum absolute atomic E-state index is 0.0138. The molecule has 1 aromatic carbocycles. The van der Waals surface area contributed by atoms with E-state index >= 15 is 0 Å². The molecule has 1 aliphatic heterocycles. The number of pyridine rings is 1. The normalized spacial score (nSPS) is 24.0. The Balaban J connectivity index is 2.04. The molecule has 5 atom stereocenters. The monoisotopic (exact) mass is 561 g/mol. The zero-order chi connectivity index (χ0) is 29.3. The highest BCUT2D eigenvalue weighted by atomic mass is 19.4. The van der Waals surface area contributed by atoms with Crippen molar-refractivity contribution < 1.29 is 45.7 Å². The van der Waals surface area contributed by atoms with Gasteiger partial charge in [-0.05, 0) is 26.8 Å². The summed E-state index contributed by atoms with van der Waals surface area (Å²) in [5, 5.41) is 0. The van der Waals surface area contributed by atoms with Crippen LogP contribution in [0.2, 0.25) is 0 Å². The molecule has 39 heavy (non-hydrogen) atoms. The fourth-order valence-corrected chi connectivity index (χ4v) is 5.17. The highest BCUT2D eigenvalue weighted by Crippen LogP contribution is 2.59. The van der Waals surface area contributed by atoms with Gasteiger partial charge in [0.15, 0.2) is 22.6 Å². The third kappa shape index (κ3) is 5.81. The first-order valence-corrected chi connectivity index (χ1v) is 12.4. The largest absolute Gasteiger partial charge is 0.493 e. The smallest absolute Gasteiger partial charge is 0.417 e. The third-order valence-corrected chi connectivity index (χ3v) is 7.29. The summed E-state index contributed by atoms with van der Waals surface area (Å²) in [5.74, 6) is -6.54. The number of H-pyrrole nitrogens is 1. The Morgan fingerprint density at radius 3 is 2.49 bits per heavy atom. The summed E-state index contributed by atoms with van der Waals surface area (Å²) in [6.07, 6.45) is -6.19. The van der Waals surface area contributed by atoms with Crippen LogP contribution in [0, 0.1) is 24.5 Å². The van der Waals surface area contributed by atoms with Gasteiger partial charge < -0.3 is 23.9 Å². The number of aromatic nitrogens is 1. The molecule has 1 saturated heterocycles. The summed E-state index contributed by atoms with van der Waals surface area (Å²) in [4.78, 5) is 27.7. The summed E-state index contributed by atoms with van der Waals surface area (Å²) >= 11 is 0. The van der Waals surface area contributed by atoms with E-state index in [1.807, 2.05) is 0 Å². The maximum atomic E-state index is 14.6. The van der Waals surface area contributed by atoms with Crippen LogP contribution in [-0.4, -0.2) is 49.7 Å². The van der Waals surface area contributed by atoms with E-state index < -0.39 is 64.4 Å². The number of aryl methyl sites for hydroxylation is 1. The Hall–Kier alpha value is -2.99. The predicted molar refractivity (Wildman–Crippen MR) is 131 cm³/mol. The van der Waals surface area contributed by atoms with Crippen LogP contribution in [0.1, 0.15) is 68.1 Å². The average molecular weight is 562 g/mol. The van der Waals surface area contributed by atoms with Crippen molar-refractivity contribution >= 4 is 5.97 Å². The molecule has 7 nitrogen and oxygen atoms in total. The van der Waals surface area contributed by atoms with Crippen molar-refractivity contribution in [2.45, 2.75) is 64.3 Å². The van der Waals surface area contributed by atoms with Gasteiger partial charge in [-0.3, -0.25) is 4.79 Å². The zero-order valence-corrected chi connectivity index (χ0v) is 22.5. The molecule has 2 aromatic rings. The van der Waals surface area contributed by atoms with Gasteiger partial charge >= 0.3 is 12.1 Å². The Labute approximate surface area is 222 Å². The molecule has 0 bridgehead atoms. The molecular weight excluding hydrogens is 529 g/mol. The number of hydrogen-bond acceptors (Lipinski definition) is 6. The molecule has 0 amide bonds. The first-order chi connectivity index (χ1) is 18.2. The first kappa shape index (κ1) is 30.6. The van der Waals surface area contributed by atoms with Crippen LogP contribution < -0.4 is 10.2 Å². The van der Waals surface area contributed by atoms with Crippen molar-refractivity contribution in [1.82, 2.24) is 4.98 Å². The molecule has 0 radical (unpaired) electrons. The van der Waals surface area contributed by atoms with E-state index in [9.17, 15) is 31.5 Å². The Morgan fingerprint density at radius 2 is 1.92 bits per heavy atom. The molecule has 1 N–H and O–H groups in total. The van der Waals surface area contributed by atoms with Crippen LogP contribution in [0.3, 0.4) is 0 Å². The minimum Gasteiger partial charge on any atom is -0.493 e. The fourth-order valence-electron chi connectivity index (χ4n) is 5.17. The summed E-state index contributed by atoms with van der Waals surface area (Å²) in [5.41, 5.74) is -2.47. The van der Waals surface area contributed by atoms with Gasteiger partial charge in [-0.15, -0.1) is 0 Å². The fraction of sp³-hybridized carbons (Fsp3) is 0.556. The molecule has 0 spiro atoms. The number of aromatic amines is 1. The van der Waals surface area contributed by atoms with E-state index in [0.717, 1.165) is 26.2 Å². The number of methoxy groups -OCH3 is 1. The first-order valence-electron chi connectivity index (χ1n) is 12.4. The number of esters is 1. The number of nitrogens with one attached hydrogen (secondary N) is 1. The van der Waals surface area contributed by atoms with Crippen molar-refractivity contribution in [2.75, 3.05) is 26.9 Å². The lowest BCUT2D eigenvalue weighted by atomic mass is 9.76. The third-order valence-electron chi connectivity index (χ3n) is 7.29. The van der Waals surface area contributed by atoms with Gasteiger partial charge in [-0.2, -0.15) is 17.6 Å². The topological polar surface area (TPSA) is 86.8 Å². The van der Waals surface area contributed by atoms with Crippen LogP contribution in [0.4, 0.5) is 22.0 Å².